The first-order chi connectivity index (χ1) is 10.1. The van der Waals surface area contributed by atoms with E-state index in [1.54, 1.807) is 6.07 Å². The van der Waals surface area contributed by atoms with Crippen LogP contribution in [0.15, 0.2) is 36.4 Å². The fourth-order valence-electron chi connectivity index (χ4n) is 1.68. The van der Waals surface area contributed by atoms with Gasteiger partial charge in [-0.1, -0.05) is 6.07 Å². The summed E-state index contributed by atoms with van der Waals surface area (Å²) in [6.07, 6.45) is 0. The number of nitrogens with zero attached hydrogens (tertiary/aromatic N) is 2. The van der Waals surface area contributed by atoms with E-state index in [-0.39, 0.29) is 22.7 Å². The number of benzene rings is 2. The molecular weight excluding hydrogens is 279 g/mol. The average molecular weight is 288 g/mol. The second-order valence-corrected chi connectivity index (χ2v) is 3.91. The summed E-state index contributed by atoms with van der Waals surface area (Å²) in [5.74, 6) is 4.00. The lowest BCUT2D eigenvalue weighted by Crippen LogP contribution is -2.09. The predicted octanol–water partition coefficient (Wildman–Crippen LogP) is 2.68. The van der Waals surface area contributed by atoms with Gasteiger partial charge in [0, 0.05) is 0 Å². The van der Waals surface area contributed by atoms with Crippen molar-refractivity contribution in [3.05, 3.63) is 57.9 Å². The third-order valence-electron chi connectivity index (χ3n) is 2.62. The lowest BCUT2D eigenvalue weighted by atomic mass is 10.2. The number of nitro groups is 1. The number of nitriles is 1. The number of halogens is 1. The van der Waals surface area contributed by atoms with Crippen LogP contribution in [0.5, 0.6) is 11.5 Å². The molecule has 21 heavy (non-hydrogen) atoms. The smallest absolute Gasteiger partial charge is 0.335 e. The van der Waals surface area contributed by atoms with E-state index in [0.29, 0.717) is 0 Å². The minimum atomic E-state index is -0.797. The van der Waals surface area contributed by atoms with Gasteiger partial charge in [-0.3, -0.25) is 16.0 Å². The van der Waals surface area contributed by atoms with Crippen LogP contribution in [0.25, 0.3) is 0 Å². The highest BCUT2D eigenvalue weighted by Crippen LogP contribution is 2.37. The molecule has 0 saturated heterocycles. The van der Waals surface area contributed by atoms with Crippen LogP contribution in [0.1, 0.15) is 5.56 Å². The second kappa shape index (κ2) is 5.85. The van der Waals surface area contributed by atoms with Gasteiger partial charge in [-0.15, -0.1) is 0 Å². The number of ether oxygens (including phenoxy) is 1. The molecule has 0 spiro atoms. The van der Waals surface area contributed by atoms with E-state index >= 15 is 0 Å². The van der Waals surface area contributed by atoms with E-state index in [9.17, 15) is 14.5 Å². The molecule has 7 nitrogen and oxygen atoms in total. The highest BCUT2D eigenvalue weighted by molar-refractivity contribution is 5.68. The lowest BCUT2D eigenvalue weighted by molar-refractivity contribution is -0.384. The van der Waals surface area contributed by atoms with Crippen molar-refractivity contribution < 1.29 is 14.1 Å². The van der Waals surface area contributed by atoms with Gasteiger partial charge in [-0.2, -0.15) is 5.26 Å². The zero-order valence-corrected chi connectivity index (χ0v) is 10.5. The van der Waals surface area contributed by atoms with Crippen molar-refractivity contribution in [1.29, 1.82) is 5.26 Å². The van der Waals surface area contributed by atoms with Gasteiger partial charge in [0.2, 0.25) is 5.75 Å². The molecule has 2 aromatic rings. The standard InChI is InChI=1S/C13H9FN4O3/c14-9-6-8(7-15)4-5-11(9)21-12-3-1-2-10(17-16)13(12)18(19)20/h1-6,17H,16H2. The molecule has 0 fully saturated rings. The third-order valence-corrected chi connectivity index (χ3v) is 2.62. The van der Waals surface area contributed by atoms with Crippen molar-refractivity contribution in [3.8, 4) is 17.6 Å². The van der Waals surface area contributed by atoms with Gasteiger partial charge in [-0.05, 0) is 30.3 Å². The zero-order valence-electron chi connectivity index (χ0n) is 10.5. The molecule has 2 rings (SSSR count). The van der Waals surface area contributed by atoms with Crippen LogP contribution in [-0.2, 0) is 0 Å². The molecule has 0 bridgehead atoms. The van der Waals surface area contributed by atoms with E-state index in [1.807, 2.05) is 0 Å². The SMILES string of the molecule is N#Cc1ccc(Oc2cccc(NN)c2[N+](=O)[O-])c(F)c1. The number of para-hydroxylation sites is 1. The molecule has 0 radical (unpaired) electrons. The fourth-order valence-corrected chi connectivity index (χ4v) is 1.68. The highest BCUT2D eigenvalue weighted by Gasteiger charge is 2.22. The number of hydrogen-bond acceptors (Lipinski definition) is 6. The monoisotopic (exact) mass is 288 g/mol. The number of anilines is 1. The van der Waals surface area contributed by atoms with Crippen molar-refractivity contribution >= 4 is 11.4 Å². The summed E-state index contributed by atoms with van der Waals surface area (Å²) < 4.78 is 19.0. The van der Waals surface area contributed by atoms with E-state index < -0.39 is 16.4 Å². The number of nitrogens with two attached hydrogens (primary N) is 1. The largest absolute Gasteiger partial charge is 0.447 e. The first-order valence-corrected chi connectivity index (χ1v) is 5.68. The first kappa shape index (κ1) is 14.2. The Kier molecular flexibility index (Phi) is 3.97. The maximum Gasteiger partial charge on any atom is 0.335 e. The molecule has 0 atom stereocenters. The number of nitrogen functional groups attached to an aromatic ring is 1. The number of hydrogen-bond donors (Lipinski definition) is 2. The molecule has 0 aromatic heterocycles. The Morgan fingerprint density at radius 3 is 2.67 bits per heavy atom. The minimum Gasteiger partial charge on any atom is -0.447 e. The Balaban J connectivity index is 2.45. The van der Waals surface area contributed by atoms with Gasteiger partial charge in [-0.25, -0.2) is 4.39 Å². The molecule has 0 aliphatic rings. The average Bonchev–Trinajstić information content (AvgIpc) is 2.48. The minimum absolute atomic E-state index is 0.0338. The molecule has 2 aromatic carbocycles. The predicted molar refractivity (Wildman–Crippen MR) is 72.1 cm³/mol. The van der Waals surface area contributed by atoms with Gasteiger partial charge < -0.3 is 10.2 Å². The Morgan fingerprint density at radius 1 is 1.33 bits per heavy atom. The van der Waals surface area contributed by atoms with Gasteiger partial charge in [0.1, 0.15) is 5.69 Å². The van der Waals surface area contributed by atoms with Gasteiger partial charge in [0.25, 0.3) is 0 Å². The molecule has 106 valence electrons. The molecule has 0 unspecified atom stereocenters. The summed E-state index contributed by atoms with van der Waals surface area (Å²) in [5, 5.41) is 19.7. The summed E-state index contributed by atoms with van der Waals surface area (Å²) in [4.78, 5) is 10.4. The third kappa shape index (κ3) is 2.88. The second-order valence-electron chi connectivity index (χ2n) is 3.91. The molecule has 3 N–H and O–H groups in total. The quantitative estimate of drug-likeness (QED) is 0.508. The summed E-state index contributed by atoms with van der Waals surface area (Å²) in [6, 6.07) is 9.50. The molecule has 0 aliphatic heterocycles. The summed E-state index contributed by atoms with van der Waals surface area (Å²) >= 11 is 0. The van der Waals surface area contributed by atoms with Crippen LogP contribution >= 0.6 is 0 Å². The number of nitro benzene ring substituents is 1. The highest BCUT2D eigenvalue weighted by atomic mass is 19.1. The van der Waals surface area contributed by atoms with Crippen LogP contribution < -0.4 is 16.0 Å². The molecule has 8 heteroatoms. The van der Waals surface area contributed by atoms with Crippen LogP contribution in [0.2, 0.25) is 0 Å². The van der Waals surface area contributed by atoms with Crippen LogP contribution in [-0.4, -0.2) is 4.92 Å². The molecule has 0 aliphatic carbocycles. The summed E-state index contributed by atoms with van der Waals surface area (Å²) in [7, 11) is 0. The normalized spacial score (nSPS) is 9.76. The molecule has 0 saturated carbocycles. The van der Waals surface area contributed by atoms with Gasteiger partial charge in [0.15, 0.2) is 11.6 Å². The van der Waals surface area contributed by atoms with Gasteiger partial charge in [0.05, 0.1) is 16.6 Å². The van der Waals surface area contributed by atoms with Crippen molar-refractivity contribution in [2.45, 2.75) is 0 Å². The summed E-state index contributed by atoms with van der Waals surface area (Å²) in [5.41, 5.74) is 1.92. The van der Waals surface area contributed by atoms with E-state index in [1.165, 1.54) is 30.3 Å². The Hall–Kier alpha value is -3.18. The molecule has 0 amide bonds. The fraction of sp³-hybridized carbons (Fsp3) is 0. The van der Waals surface area contributed by atoms with Gasteiger partial charge >= 0.3 is 5.69 Å². The van der Waals surface area contributed by atoms with Crippen molar-refractivity contribution in [1.82, 2.24) is 0 Å². The van der Waals surface area contributed by atoms with Crippen molar-refractivity contribution in [2.24, 2.45) is 5.84 Å². The first-order valence-electron chi connectivity index (χ1n) is 5.68. The number of hydrazine groups is 1. The van der Waals surface area contributed by atoms with Crippen LogP contribution in [0.3, 0.4) is 0 Å². The maximum atomic E-state index is 13.8. The Morgan fingerprint density at radius 2 is 2.10 bits per heavy atom. The van der Waals surface area contributed by atoms with Crippen molar-refractivity contribution in [3.63, 3.8) is 0 Å². The number of rotatable bonds is 4. The zero-order chi connectivity index (χ0) is 15.4. The number of nitrogens with one attached hydrogen (secondary N) is 1. The molecular formula is C13H9FN4O3. The Bertz CT molecular complexity index is 743. The van der Waals surface area contributed by atoms with Crippen LogP contribution in [0.4, 0.5) is 15.8 Å². The van der Waals surface area contributed by atoms with E-state index in [2.05, 4.69) is 5.43 Å². The Labute approximate surface area is 118 Å². The topological polar surface area (TPSA) is 114 Å². The van der Waals surface area contributed by atoms with E-state index in [0.717, 1.165) is 6.07 Å². The van der Waals surface area contributed by atoms with Crippen molar-refractivity contribution in [2.75, 3.05) is 5.43 Å². The lowest BCUT2D eigenvalue weighted by Gasteiger charge is -2.09. The van der Waals surface area contributed by atoms with E-state index in [4.69, 9.17) is 15.8 Å². The maximum absolute atomic E-state index is 13.8. The van der Waals surface area contributed by atoms with Crippen LogP contribution in [0, 0.1) is 27.3 Å². The molecule has 0 heterocycles. The summed E-state index contributed by atoms with van der Waals surface area (Å²) in [6.45, 7) is 0.